The lowest BCUT2D eigenvalue weighted by molar-refractivity contribution is -0.106. The number of amides is 1. The van der Waals surface area contributed by atoms with Crippen molar-refractivity contribution in [2.45, 2.75) is 57.5 Å². The van der Waals surface area contributed by atoms with Crippen LogP contribution >= 0.6 is 0 Å². The van der Waals surface area contributed by atoms with E-state index in [1.54, 1.807) is 0 Å². The molecule has 0 atom stereocenters. The Kier molecular flexibility index (Phi) is 5.20. The number of likely N-dealkylation sites (tertiary alicyclic amines) is 1. The van der Waals surface area contributed by atoms with Crippen molar-refractivity contribution in [2.24, 2.45) is 5.73 Å². The zero-order valence-electron chi connectivity index (χ0n) is 11.9. The summed E-state index contributed by atoms with van der Waals surface area (Å²) < 4.78 is 0. The van der Waals surface area contributed by atoms with Gasteiger partial charge in [-0.1, -0.05) is 13.3 Å². The Morgan fingerprint density at radius 2 is 1.94 bits per heavy atom. The molecule has 2 rings (SSSR count). The lowest BCUT2D eigenvalue weighted by Crippen LogP contribution is -2.58. The maximum atomic E-state index is 8.58. The van der Waals surface area contributed by atoms with Gasteiger partial charge in [-0.3, -0.25) is 9.69 Å². The molecular weight excluding hydrogens is 226 g/mol. The highest BCUT2D eigenvalue weighted by Crippen LogP contribution is 2.32. The predicted octanol–water partition coefficient (Wildman–Crippen LogP) is 1.62. The van der Waals surface area contributed by atoms with E-state index in [-0.39, 0.29) is 6.41 Å². The fourth-order valence-electron chi connectivity index (χ4n) is 2.91. The van der Waals surface area contributed by atoms with Crippen molar-refractivity contribution in [3.8, 4) is 0 Å². The number of primary amides is 1. The van der Waals surface area contributed by atoms with Gasteiger partial charge in [0, 0.05) is 18.6 Å². The number of carbonyl (C=O) groups excluding carboxylic acids is 1. The van der Waals surface area contributed by atoms with Gasteiger partial charge in [0.15, 0.2) is 0 Å². The standard InChI is InChI=1S/C13H24N2.CH3NO/c1-4-5-12(2,3)15-10-7-13(8-11-15)6-9-14-13;2-1-3/h6,9,14H,4-5,7-8,10-11H2,1-3H3;1H,(H2,2,3). The number of rotatable bonds is 3. The van der Waals surface area contributed by atoms with Crippen LogP contribution in [0.3, 0.4) is 0 Å². The van der Waals surface area contributed by atoms with Crippen molar-refractivity contribution in [3.05, 3.63) is 12.3 Å². The zero-order valence-corrected chi connectivity index (χ0v) is 11.9. The molecule has 104 valence electrons. The van der Waals surface area contributed by atoms with E-state index in [2.05, 4.69) is 49.0 Å². The minimum Gasteiger partial charge on any atom is -0.382 e. The molecule has 2 heterocycles. The quantitative estimate of drug-likeness (QED) is 0.751. The van der Waals surface area contributed by atoms with Gasteiger partial charge in [-0.15, -0.1) is 0 Å². The molecule has 0 radical (unpaired) electrons. The zero-order chi connectivity index (χ0) is 13.6. The Morgan fingerprint density at radius 1 is 1.44 bits per heavy atom. The Labute approximate surface area is 111 Å². The van der Waals surface area contributed by atoms with Crippen LogP contribution in [0.4, 0.5) is 0 Å². The van der Waals surface area contributed by atoms with Gasteiger partial charge in [0.2, 0.25) is 6.41 Å². The number of carbonyl (C=O) groups is 1. The topological polar surface area (TPSA) is 58.4 Å². The molecule has 0 saturated carbocycles. The molecular formula is C14H27N3O. The molecule has 0 aromatic rings. The number of nitrogens with two attached hydrogens (primary N) is 1. The number of nitrogens with one attached hydrogen (secondary N) is 1. The number of nitrogens with zero attached hydrogens (tertiary/aromatic N) is 1. The van der Waals surface area contributed by atoms with Crippen molar-refractivity contribution in [1.82, 2.24) is 10.2 Å². The molecule has 3 N–H and O–H groups in total. The molecule has 0 bridgehead atoms. The van der Waals surface area contributed by atoms with Crippen molar-refractivity contribution in [2.75, 3.05) is 13.1 Å². The molecule has 4 heteroatoms. The van der Waals surface area contributed by atoms with Gasteiger partial charge in [0.1, 0.15) is 0 Å². The molecule has 1 saturated heterocycles. The van der Waals surface area contributed by atoms with Crippen LogP contribution < -0.4 is 11.1 Å². The lowest BCUT2D eigenvalue weighted by atomic mass is 9.81. The first-order valence-corrected chi connectivity index (χ1v) is 6.85. The molecule has 0 aromatic heterocycles. The molecule has 0 unspecified atom stereocenters. The van der Waals surface area contributed by atoms with Gasteiger partial charge in [-0.2, -0.15) is 0 Å². The van der Waals surface area contributed by atoms with E-state index in [4.69, 9.17) is 4.79 Å². The SMILES string of the molecule is CCCC(C)(C)N1CCC2(C=CN2)CC1.NC=O. The number of piperidine rings is 1. The van der Waals surface area contributed by atoms with Crippen LogP contribution in [0.15, 0.2) is 12.3 Å². The smallest absolute Gasteiger partial charge is 0.204 e. The maximum Gasteiger partial charge on any atom is 0.204 e. The van der Waals surface area contributed by atoms with Crippen molar-refractivity contribution >= 4 is 6.41 Å². The third kappa shape index (κ3) is 3.48. The van der Waals surface area contributed by atoms with Gasteiger partial charge in [0.25, 0.3) is 0 Å². The Bertz CT molecular complexity index is 291. The van der Waals surface area contributed by atoms with Crippen LogP contribution in [0.5, 0.6) is 0 Å². The first-order chi connectivity index (χ1) is 8.49. The summed E-state index contributed by atoms with van der Waals surface area (Å²) in [5, 5.41) is 3.46. The summed E-state index contributed by atoms with van der Waals surface area (Å²) in [6, 6.07) is 0. The average molecular weight is 253 g/mol. The van der Waals surface area contributed by atoms with Gasteiger partial charge >= 0.3 is 0 Å². The summed E-state index contributed by atoms with van der Waals surface area (Å²) in [5.74, 6) is 0. The molecule has 2 aliphatic heterocycles. The van der Waals surface area contributed by atoms with Crippen LogP contribution in [0, 0.1) is 0 Å². The lowest BCUT2D eigenvalue weighted by Gasteiger charge is -2.49. The maximum absolute atomic E-state index is 8.58. The summed E-state index contributed by atoms with van der Waals surface area (Å²) in [6.07, 6.45) is 9.83. The summed E-state index contributed by atoms with van der Waals surface area (Å²) in [5.41, 5.74) is 4.93. The van der Waals surface area contributed by atoms with Gasteiger partial charge in [-0.25, -0.2) is 0 Å². The summed E-state index contributed by atoms with van der Waals surface area (Å²) in [6.45, 7) is 9.54. The van der Waals surface area contributed by atoms with E-state index in [0.29, 0.717) is 11.1 Å². The monoisotopic (exact) mass is 253 g/mol. The minimum absolute atomic E-state index is 0.250. The fourth-order valence-corrected chi connectivity index (χ4v) is 2.91. The molecule has 4 nitrogen and oxygen atoms in total. The van der Waals surface area contributed by atoms with Crippen LogP contribution in [-0.4, -0.2) is 35.5 Å². The second-order valence-corrected chi connectivity index (χ2v) is 5.82. The molecule has 1 amide bonds. The molecule has 0 aromatic carbocycles. The van der Waals surface area contributed by atoms with E-state index in [1.165, 1.54) is 38.8 Å². The first-order valence-electron chi connectivity index (χ1n) is 6.85. The highest BCUT2D eigenvalue weighted by atomic mass is 16.1. The molecule has 2 aliphatic rings. The van der Waals surface area contributed by atoms with Gasteiger partial charge in [-0.05, 0) is 45.4 Å². The Hall–Kier alpha value is -1.03. The van der Waals surface area contributed by atoms with E-state index < -0.39 is 0 Å². The molecule has 18 heavy (non-hydrogen) atoms. The second-order valence-electron chi connectivity index (χ2n) is 5.82. The third-order valence-electron chi connectivity index (χ3n) is 4.15. The fraction of sp³-hybridized carbons (Fsp3) is 0.786. The highest BCUT2D eigenvalue weighted by Gasteiger charge is 2.38. The van der Waals surface area contributed by atoms with Crippen molar-refractivity contribution in [1.29, 1.82) is 0 Å². The van der Waals surface area contributed by atoms with Crippen LogP contribution in [0.25, 0.3) is 0 Å². The molecule has 0 aliphatic carbocycles. The Morgan fingerprint density at radius 3 is 2.28 bits per heavy atom. The van der Waals surface area contributed by atoms with E-state index in [1.807, 2.05) is 0 Å². The minimum atomic E-state index is 0.250. The van der Waals surface area contributed by atoms with Gasteiger partial charge in [0.05, 0.1) is 5.54 Å². The predicted molar refractivity (Wildman–Crippen MR) is 75.1 cm³/mol. The van der Waals surface area contributed by atoms with Crippen LogP contribution in [-0.2, 0) is 4.79 Å². The summed E-state index contributed by atoms with van der Waals surface area (Å²) in [4.78, 5) is 11.2. The van der Waals surface area contributed by atoms with Crippen molar-refractivity contribution in [3.63, 3.8) is 0 Å². The third-order valence-corrected chi connectivity index (χ3v) is 4.15. The van der Waals surface area contributed by atoms with Gasteiger partial charge < -0.3 is 11.1 Å². The van der Waals surface area contributed by atoms with Crippen LogP contribution in [0.2, 0.25) is 0 Å². The number of hydrogen-bond donors (Lipinski definition) is 2. The average Bonchev–Trinajstić information content (AvgIpc) is 2.28. The first kappa shape index (κ1) is 15.0. The van der Waals surface area contributed by atoms with Crippen molar-refractivity contribution < 1.29 is 4.79 Å². The largest absolute Gasteiger partial charge is 0.382 e. The number of hydrogen-bond acceptors (Lipinski definition) is 3. The highest BCUT2D eigenvalue weighted by molar-refractivity contribution is 5.42. The van der Waals surface area contributed by atoms with E-state index in [9.17, 15) is 0 Å². The Balaban J connectivity index is 0.000000492. The summed E-state index contributed by atoms with van der Waals surface area (Å²) in [7, 11) is 0. The van der Waals surface area contributed by atoms with Crippen LogP contribution in [0.1, 0.15) is 46.5 Å². The van der Waals surface area contributed by atoms with E-state index >= 15 is 0 Å². The molecule has 1 fully saturated rings. The summed E-state index contributed by atoms with van der Waals surface area (Å²) >= 11 is 0. The molecule has 1 spiro atoms. The second kappa shape index (κ2) is 6.23. The van der Waals surface area contributed by atoms with E-state index in [0.717, 1.165) is 0 Å². The normalized spacial score (nSPS) is 21.5.